The molecule has 0 aliphatic carbocycles. The Bertz CT molecular complexity index is 631. The molecule has 0 saturated heterocycles. The smallest absolute Gasteiger partial charge is 0.252 e. The molecule has 0 bridgehead atoms. The molecule has 0 N–H and O–H groups in total. The summed E-state index contributed by atoms with van der Waals surface area (Å²) >= 11 is 5.48. The maximum absolute atomic E-state index is 11.8. The molecule has 1 aromatic rings. The lowest BCUT2D eigenvalue weighted by Crippen LogP contribution is -2.04. The van der Waals surface area contributed by atoms with Crippen LogP contribution in [0.25, 0.3) is 6.08 Å². The Hall–Kier alpha value is -1.13. The van der Waals surface area contributed by atoms with Gasteiger partial charge in [0.05, 0.1) is 4.90 Å². The van der Waals surface area contributed by atoms with Gasteiger partial charge in [0.25, 0.3) is 5.24 Å². The van der Waals surface area contributed by atoms with Gasteiger partial charge in [-0.2, -0.15) is 0 Å². The molecule has 0 aliphatic heterocycles. The van der Waals surface area contributed by atoms with E-state index in [9.17, 15) is 13.2 Å². The summed E-state index contributed by atoms with van der Waals surface area (Å²) < 4.78 is 23.7. The molecule has 0 spiro atoms. The van der Waals surface area contributed by atoms with Crippen molar-refractivity contribution < 1.29 is 13.2 Å². The Labute approximate surface area is 125 Å². The first-order chi connectivity index (χ1) is 9.27. The predicted octanol–water partition coefficient (Wildman–Crippen LogP) is 3.98. The molecule has 0 heterocycles. The minimum atomic E-state index is -3.41. The van der Waals surface area contributed by atoms with Gasteiger partial charge < -0.3 is 0 Å². The number of allylic oxidation sites excluding steroid dienone is 1. The average molecular weight is 315 g/mol. The number of hydrogen-bond acceptors (Lipinski definition) is 3. The number of sulfone groups is 1. The molecule has 1 aromatic carbocycles. The van der Waals surface area contributed by atoms with E-state index in [1.807, 2.05) is 6.08 Å². The van der Waals surface area contributed by atoms with Crippen molar-refractivity contribution in [2.24, 2.45) is 0 Å². The van der Waals surface area contributed by atoms with Crippen LogP contribution in [0.5, 0.6) is 0 Å². The Morgan fingerprint density at radius 1 is 1.35 bits per heavy atom. The van der Waals surface area contributed by atoms with Crippen LogP contribution in [-0.4, -0.2) is 19.9 Å². The van der Waals surface area contributed by atoms with E-state index in [0.717, 1.165) is 25.5 Å². The van der Waals surface area contributed by atoms with Crippen LogP contribution in [0.15, 0.2) is 23.1 Å². The Kier molecular flexibility index (Phi) is 5.96. The van der Waals surface area contributed by atoms with E-state index in [1.54, 1.807) is 19.1 Å². The standard InChI is InChI=1S/C15H19ClO3S/c1-4-5-6-7-8-12-9-11(2)13(15(16)17)10-14(12)20(3,18)19/h7-10H,4-6H2,1-3H3. The maximum Gasteiger partial charge on any atom is 0.252 e. The number of carbonyl (C=O) groups is 1. The lowest BCUT2D eigenvalue weighted by Gasteiger charge is -2.09. The van der Waals surface area contributed by atoms with Gasteiger partial charge in [0.1, 0.15) is 0 Å². The summed E-state index contributed by atoms with van der Waals surface area (Å²) in [4.78, 5) is 11.4. The summed E-state index contributed by atoms with van der Waals surface area (Å²) in [6.45, 7) is 3.84. The van der Waals surface area contributed by atoms with E-state index in [1.165, 1.54) is 6.07 Å². The van der Waals surface area contributed by atoms with Gasteiger partial charge in [-0.1, -0.05) is 31.9 Å². The van der Waals surface area contributed by atoms with Crippen molar-refractivity contribution in [3.63, 3.8) is 0 Å². The molecule has 0 saturated carbocycles. The van der Waals surface area contributed by atoms with E-state index < -0.39 is 15.1 Å². The lowest BCUT2D eigenvalue weighted by molar-refractivity contribution is 0.108. The quantitative estimate of drug-likeness (QED) is 0.589. The van der Waals surface area contributed by atoms with Crippen LogP contribution in [0.2, 0.25) is 0 Å². The number of benzene rings is 1. The van der Waals surface area contributed by atoms with Gasteiger partial charge in [-0.15, -0.1) is 0 Å². The lowest BCUT2D eigenvalue weighted by atomic mass is 10.0. The molecule has 0 atom stereocenters. The van der Waals surface area contributed by atoms with E-state index in [4.69, 9.17) is 11.6 Å². The SMILES string of the molecule is CCCCC=Cc1cc(C)c(C(=O)Cl)cc1S(C)(=O)=O. The number of hydrogen-bond donors (Lipinski definition) is 0. The molecule has 0 amide bonds. The molecule has 0 aliphatic rings. The second-order valence-corrected chi connectivity index (χ2v) is 7.12. The van der Waals surface area contributed by atoms with Crippen LogP contribution in [0.1, 0.15) is 47.7 Å². The fraction of sp³-hybridized carbons (Fsp3) is 0.400. The normalized spacial score (nSPS) is 12.0. The minimum Gasteiger partial charge on any atom is -0.276 e. The molecule has 0 radical (unpaired) electrons. The highest BCUT2D eigenvalue weighted by Crippen LogP contribution is 2.24. The van der Waals surface area contributed by atoms with E-state index in [0.29, 0.717) is 11.1 Å². The molecular weight excluding hydrogens is 296 g/mol. The zero-order valence-corrected chi connectivity index (χ0v) is 13.5. The Balaban J connectivity index is 3.32. The van der Waals surface area contributed by atoms with Crippen LogP contribution < -0.4 is 0 Å². The molecule has 0 fully saturated rings. The van der Waals surface area contributed by atoms with E-state index >= 15 is 0 Å². The highest BCUT2D eigenvalue weighted by Gasteiger charge is 2.17. The van der Waals surface area contributed by atoms with Gasteiger partial charge in [0.15, 0.2) is 9.84 Å². The number of aryl methyl sites for hydroxylation is 1. The molecule has 20 heavy (non-hydrogen) atoms. The third kappa shape index (κ3) is 4.46. The fourth-order valence-corrected chi connectivity index (χ4v) is 3.00. The van der Waals surface area contributed by atoms with Crippen molar-refractivity contribution in [1.29, 1.82) is 0 Å². The van der Waals surface area contributed by atoms with Crippen molar-refractivity contribution in [2.75, 3.05) is 6.26 Å². The highest BCUT2D eigenvalue weighted by molar-refractivity contribution is 7.90. The van der Waals surface area contributed by atoms with E-state index in [-0.39, 0.29) is 10.5 Å². The number of unbranched alkanes of at least 4 members (excludes halogenated alkanes) is 2. The summed E-state index contributed by atoms with van der Waals surface area (Å²) in [6.07, 6.45) is 7.92. The number of carbonyl (C=O) groups excluding carboxylic acids is 1. The van der Waals surface area contributed by atoms with Gasteiger partial charge in [-0.3, -0.25) is 4.79 Å². The molecule has 0 aromatic heterocycles. The predicted molar refractivity (Wildman–Crippen MR) is 83.0 cm³/mol. The largest absolute Gasteiger partial charge is 0.276 e. The van der Waals surface area contributed by atoms with Gasteiger partial charge in [0.2, 0.25) is 0 Å². The monoisotopic (exact) mass is 314 g/mol. The first kappa shape index (κ1) is 16.9. The zero-order valence-electron chi connectivity index (χ0n) is 11.9. The van der Waals surface area contributed by atoms with Crippen molar-refractivity contribution in [2.45, 2.75) is 38.0 Å². The van der Waals surface area contributed by atoms with Crippen LogP contribution >= 0.6 is 11.6 Å². The molecule has 5 heteroatoms. The molecule has 3 nitrogen and oxygen atoms in total. The van der Waals surface area contributed by atoms with Crippen molar-refractivity contribution >= 4 is 32.8 Å². The van der Waals surface area contributed by atoms with Crippen molar-refractivity contribution in [3.05, 3.63) is 34.9 Å². The zero-order chi connectivity index (χ0) is 15.3. The number of rotatable bonds is 6. The van der Waals surface area contributed by atoms with Gasteiger partial charge in [-0.25, -0.2) is 8.42 Å². The maximum atomic E-state index is 11.8. The summed E-state index contributed by atoms with van der Waals surface area (Å²) in [6, 6.07) is 3.05. The minimum absolute atomic E-state index is 0.139. The van der Waals surface area contributed by atoms with Crippen molar-refractivity contribution in [3.8, 4) is 0 Å². The van der Waals surface area contributed by atoms with Gasteiger partial charge in [-0.05, 0) is 48.2 Å². The Morgan fingerprint density at radius 3 is 2.50 bits per heavy atom. The molecule has 0 unspecified atom stereocenters. The third-order valence-corrected chi connectivity index (χ3v) is 4.35. The highest BCUT2D eigenvalue weighted by atomic mass is 35.5. The molecular formula is C15H19ClO3S. The second kappa shape index (κ2) is 7.04. The van der Waals surface area contributed by atoms with Gasteiger partial charge >= 0.3 is 0 Å². The van der Waals surface area contributed by atoms with E-state index in [2.05, 4.69) is 6.92 Å². The number of halogens is 1. The molecule has 1 rings (SSSR count). The van der Waals surface area contributed by atoms with Crippen LogP contribution in [0, 0.1) is 6.92 Å². The first-order valence-corrected chi connectivity index (χ1v) is 8.75. The van der Waals surface area contributed by atoms with Crippen molar-refractivity contribution in [1.82, 2.24) is 0 Å². The summed E-state index contributed by atoms with van der Waals surface area (Å²) in [7, 11) is -3.41. The average Bonchev–Trinajstić information content (AvgIpc) is 2.32. The summed E-state index contributed by atoms with van der Waals surface area (Å²) in [5.41, 5.74) is 1.51. The first-order valence-electron chi connectivity index (χ1n) is 6.48. The molecule has 110 valence electrons. The van der Waals surface area contributed by atoms with Gasteiger partial charge in [0, 0.05) is 11.8 Å². The topological polar surface area (TPSA) is 51.2 Å². The fourth-order valence-electron chi connectivity index (χ4n) is 1.91. The van der Waals surface area contributed by atoms with Crippen LogP contribution in [0.3, 0.4) is 0 Å². The summed E-state index contributed by atoms with van der Waals surface area (Å²) in [5, 5.41) is -0.645. The summed E-state index contributed by atoms with van der Waals surface area (Å²) in [5.74, 6) is 0. The third-order valence-electron chi connectivity index (χ3n) is 2.99. The Morgan fingerprint density at radius 2 is 2.00 bits per heavy atom. The second-order valence-electron chi connectivity index (χ2n) is 4.80. The van der Waals surface area contributed by atoms with Crippen LogP contribution in [0.4, 0.5) is 0 Å². The van der Waals surface area contributed by atoms with Crippen LogP contribution in [-0.2, 0) is 9.84 Å².